The highest BCUT2D eigenvalue weighted by Crippen LogP contribution is 2.26. The van der Waals surface area contributed by atoms with Crippen LogP contribution in [0, 0.1) is 24.0 Å². The maximum absolute atomic E-state index is 12.2. The third kappa shape index (κ3) is 5.18. The first-order valence-corrected chi connectivity index (χ1v) is 11.0. The largest absolute Gasteiger partial charge is 0.378 e. The number of hydrogen-bond donors (Lipinski definition) is 2. The van der Waals surface area contributed by atoms with Gasteiger partial charge in [0.1, 0.15) is 0 Å². The molecule has 0 aliphatic heterocycles. The van der Waals surface area contributed by atoms with Gasteiger partial charge in [-0.2, -0.15) is 5.10 Å². The van der Waals surface area contributed by atoms with Gasteiger partial charge in [0.2, 0.25) is 0 Å². The van der Waals surface area contributed by atoms with E-state index in [4.69, 9.17) is 0 Å². The lowest BCUT2D eigenvalue weighted by molar-refractivity contribution is -0.384. The van der Waals surface area contributed by atoms with Gasteiger partial charge in [-0.05, 0) is 60.9 Å². The average molecular weight is 469 g/mol. The molecule has 0 saturated carbocycles. The number of aliphatic hydroxyl groups excluding tert-OH is 1. The number of rotatable bonds is 7. The van der Waals surface area contributed by atoms with Crippen LogP contribution >= 0.6 is 0 Å². The van der Waals surface area contributed by atoms with Gasteiger partial charge in [-0.3, -0.25) is 14.9 Å². The SMILES string of the molecule is Cc1cc(/C=N\NC(=O)[C@H](O)c2ccccc2)c(C)n1-c1ccc(-c2ccc([N+](=O)[O-])cc2)cc1. The summed E-state index contributed by atoms with van der Waals surface area (Å²) in [4.78, 5) is 22.7. The second-order valence-corrected chi connectivity index (χ2v) is 8.06. The normalized spacial score (nSPS) is 12.0. The first kappa shape index (κ1) is 23.6. The van der Waals surface area contributed by atoms with Gasteiger partial charge in [-0.15, -0.1) is 0 Å². The Balaban J connectivity index is 1.48. The fourth-order valence-electron chi connectivity index (χ4n) is 3.91. The van der Waals surface area contributed by atoms with Gasteiger partial charge in [0.25, 0.3) is 11.6 Å². The zero-order chi connectivity index (χ0) is 24.9. The number of nitrogens with one attached hydrogen (secondary N) is 1. The van der Waals surface area contributed by atoms with Crippen molar-refractivity contribution < 1.29 is 14.8 Å². The van der Waals surface area contributed by atoms with Crippen molar-refractivity contribution in [3.05, 3.63) is 118 Å². The van der Waals surface area contributed by atoms with Crippen molar-refractivity contribution in [3.63, 3.8) is 0 Å². The predicted octanol–water partition coefficient (Wildman–Crippen LogP) is 4.85. The quantitative estimate of drug-likeness (QED) is 0.229. The Hall–Kier alpha value is -4.56. The van der Waals surface area contributed by atoms with Crippen molar-refractivity contribution in [1.82, 2.24) is 9.99 Å². The smallest absolute Gasteiger partial charge is 0.273 e. The van der Waals surface area contributed by atoms with Crippen LogP contribution in [0.5, 0.6) is 0 Å². The summed E-state index contributed by atoms with van der Waals surface area (Å²) < 4.78 is 2.07. The number of benzene rings is 3. The summed E-state index contributed by atoms with van der Waals surface area (Å²) in [6, 6.07) is 25.0. The number of non-ortho nitro benzene ring substituents is 1. The molecule has 8 nitrogen and oxygen atoms in total. The topological polar surface area (TPSA) is 110 Å². The monoisotopic (exact) mass is 468 g/mol. The average Bonchev–Trinajstić information content (AvgIpc) is 3.16. The molecule has 0 spiro atoms. The minimum Gasteiger partial charge on any atom is -0.378 e. The molecule has 176 valence electrons. The molecule has 1 aromatic heterocycles. The second kappa shape index (κ2) is 10.1. The lowest BCUT2D eigenvalue weighted by atomic mass is 10.0. The number of hydrogen-bond acceptors (Lipinski definition) is 5. The minimum absolute atomic E-state index is 0.0592. The highest BCUT2D eigenvalue weighted by Gasteiger charge is 2.16. The zero-order valence-electron chi connectivity index (χ0n) is 19.3. The number of nitro groups is 1. The Morgan fingerprint density at radius 2 is 1.60 bits per heavy atom. The van der Waals surface area contributed by atoms with Crippen LogP contribution in [0.15, 0.2) is 90.0 Å². The number of nitrogens with zero attached hydrogens (tertiary/aromatic N) is 3. The van der Waals surface area contributed by atoms with Gasteiger partial charge in [0.05, 0.1) is 11.1 Å². The van der Waals surface area contributed by atoms with Crippen molar-refractivity contribution in [3.8, 4) is 16.8 Å². The molecule has 0 aliphatic carbocycles. The van der Waals surface area contributed by atoms with Crippen molar-refractivity contribution in [2.45, 2.75) is 20.0 Å². The third-order valence-electron chi connectivity index (χ3n) is 5.75. The summed E-state index contributed by atoms with van der Waals surface area (Å²) in [5.74, 6) is -0.608. The van der Waals surface area contributed by atoms with Gasteiger partial charge >= 0.3 is 0 Å². The molecule has 0 fully saturated rings. The maximum Gasteiger partial charge on any atom is 0.273 e. The molecule has 0 aliphatic rings. The molecule has 1 heterocycles. The number of amides is 1. The van der Waals surface area contributed by atoms with E-state index < -0.39 is 16.9 Å². The second-order valence-electron chi connectivity index (χ2n) is 8.06. The Kier molecular flexibility index (Phi) is 6.84. The van der Waals surface area contributed by atoms with E-state index in [1.165, 1.54) is 12.1 Å². The maximum atomic E-state index is 12.2. The highest BCUT2D eigenvalue weighted by atomic mass is 16.6. The summed E-state index contributed by atoms with van der Waals surface area (Å²) in [5, 5.41) is 25.1. The van der Waals surface area contributed by atoms with E-state index in [0.717, 1.165) is 33.8 Å². The third-order valence-corrected chi connectivity index (χ3v) is 5.75. The van der Waals surface area contributed by atoms with E-state index in [2.05, 4.69) is 15.1 Å². The molecular weight excluding hydrogens is 444 g/mol. The summed E-state index contributed by atoms with van der Waals surface area (Å²) in [7, 11) is 0. The van der Waals surface area contributed by atoms with E-state index in [-0.39, 0.29) is 5.69 Å². The van der Waals surface area contributed by atoms with Gasteiger partial charge in [-0.1, -0.05) is 42.5 Å². The van der Waals surface area contributed by atoms with Crippen molar-refractivity contribution >= 4 is 17.8 Å². The van der Waals surface area contributed by atoms with Crippen LogP contribution in [-0.4, -0.2) is 26.7 Å². The van der Waals surface area contributed by atoms with E-state index >= 15 is 0 Å². The molecule has 3 aromatic carbocycles. The number of nitro benzene ring substituents is 1. The van der Waals surface area contributed by atoms with Gasteiger partial charge in [0.15, 0.2) is 6.10 Å². The molecule has 8 heteroatoms. The minimum atomic E-state index is -1.30. The van der Waals surface area contributed by atoms with Crippen LogP contribution in [0.25, 0.3) is 16.8 Å². The van der Waals surface area contributed by atoms with Crippen molar-refractivity contribution in [2.24, 2.45) is 5.10 Å². The first-order chi connectivity index (χ1) is 16.8. The number of hydrazone groups is 1. The van der Waals surface area contributed by atoms with E-state index in [1.807, 2.05) is 50.2 Å². The van der Waals surface area contributed by atoms with Crippen molar-refractivity contribution in [2.75, 3.05) is 0 Å². The fourth-order valence-corrected chi connectivity index (χ4v) is 3.91. The lowest BCUT2D eigenvalue weighted by Crippen LogP contribution is -2.25. The van der Waals surface area contributed by atoms with Crippen LogP contribution in [0.2, 0.25) is 0 Å². The summed E-state index contributed by atoms with van der Waals surface area (Å²) in [5.41, 5.74) is 8.50. The Bertz CT molecular complexity index is 1380. The summed E-state index contributed by atoms with van der Waals surface area (Å²) >= 11 is 0. The fraction of sp³-hybridized carbons (Fsp3) is 0.111. The number of carbonyl (C=O) groups excluding carboxylic acids is 1. The molecule has 0 saturated heterocycles. The highest BCUT2D eigenvalue weighted by molar-refractivity contribution is 5.86. The molecule has 4 aromatic rings. The molecule has 0 radical (unpaired) electrons. The van der Waals surface area contributed by atoms with Crippen LogP contribution in [0.4, 0.5) is 5.69 Å². The lowest BCUT2D eigenvalue weighted by Gasteiger charge is -2.11. The Labute approximate surface area is 202 Å². The van der Waals surface area contributed by atoms with Crippen LogP contribution in [0.1, 0.15) is 28.6 Å². The van der Waals surface area contributed by atoms with E-state index in [9.17, 15) is 20.0 Å². The Morgan fingerprint density at radius 3 is 2.20 bits per heavy atom. The van der Waals surface area contributed by atoms with Gasteiger partial charge < -0.3 is 9.67 Å². The van der Waals surface area contributed by atoms with E-state index in [1.54, 1.807) is 42.6 Å². The molecule has 0 bridgehead atoms. The standard InChI is InChI=1S/C27H24N4O4/c1-18-16-23(17-28-29-27(33)26(32)22-6-4-3-5-7-22)19(2)30(18)24-12-8-20(9-13-24)21-10-14-25(15-11-21)31(34)35/h3-17,26,32H,1-2H3,(H,29,33)/b28-17-/t26-/m1/s1. The molecule has 1 amide bonds. The Morgan fingerprint density at radius 1 is 1.00 bits per heavy atom. The molecule has 4 rings (SSSR count). The molecule has 1 atom stereocenters. The molecule has 35 heavy (non-hydrogen) atoms. The molecule has 0 unspecified atom stereocenters. The van der Waals surface area contributed by atoms with Crippen LogP contribution in [0.3, 0.4) is 0 Å². The predicted molar refractivity (Wildman–Crippen MR) is 134 cm³/mol. The summed E-state index contributed by atoms with van der Waals surface area (Å²) in [6.07, 6.45) is 0.259. The van der Waals surface area contributed by atoms with Gasteiger partial charge in [0, 0.05) is 34.8 Å². The molecular formula is C27H24N4O4. The number of carbonyl (C=O) groups is 1. The number of aromatic nitrogens is 1. The van der Waals surface area contributed by atoms with Crippen LogP contribution < -0.4 is 5.43 Å². The number of aryl methyl sites for hydroxylation is 1. The summed E-state index contributed by atoms with van der Waals surface area (Å²) in [6.45, 7) is 3.94. The zero-order valence-corrected chi connectivity index (χ0v) is 19.3. The van der Waals surface area contributed by atoms with Crippen LogP contribution in [-0.2, 0) is 4.79 Å². The number of aliphatic hydroxyl groups is 1. The van der Waals surface area contributed by atoms with Crippen molar-refractivity contribution in [1.29, 1.82) is 0 Å². The van der Waals surface area contributed by atoms with Gasteiger partial charge in [-0.25, -0.2) is 5.43 Å². The molecule has 2 N–H and O–H groups in total. The van der Waals surface area contributed by atoms with E-state index in [0.29, 0.717) is 5.56 Å². The first-order valence-electron chi connectivity index (χ1n) is 11.0.